The zero-order valence-corrected chi connectivity index (χ0v) is 14.7. The minimum Gasteiger partial charge on any atom is -0.360 e. The minimum absolute atomic E-state index is 0.00753. The van der Waals surface area contributed by atoms with Crippen LogP contribution < -0.4 is 4.72 Å². The first-order chi connectivity index (χ1) is 13.1. The van der Waals surface area contributed by atoms with Crippen molar-refractivity contribution in [1.82, 2.24) is 4.98 Å². The van der Waals surface area contributed by atoms with Crippen LogP contribution in [0, 0.1) is 17.1 Å². The van der Waals surface area contributed by atoms with Crippen molar-refractivity contribution in [3.05, 3.63) is 71.7 Å². The lowest BCUT2D eigenvalue weighted by Gasteiger charge is -2.11. The van der Waals surface area contributed by atoms with Crippen LogP contribution in [0.1, 0.15) is 11.1 Å². The molecule has 3 aromatic rings. The maximum absolute atomic E-state index is 13.9. The summed E-state index contributed by atoms with van der Waals surface area (Å²) in [5.74, 6) is -0.958. The van der Waals surface area contributed by atoms with Gasteiger partial charge in [-0.15, -0.1) is 0 Å². The Morgan fingerprint density at radius 1 is 1.07 bits per heavy atom. The molecule has 0 fully saturated rings. The number of aromatic nitrogens is 1. The summed E-state index contributed by atoms with van der Waals surface area (Å²) < 4.78 is 80.3. The highest BCUT2D eigenvalue weighted by atomic mass is 32.2. The Bertz CT molecular complexity index is 1180. The summed E-state index contributed by atoms with van der Waals surface area (Å²) in [7, 11) is -4.28. The molecule has 28 heavy (non-hydrogen) atoms. The number of sulfonamides is 1. The molecule has 0 aliphatic heterocycles. The average molecular weight is 409 g/mol. The van der Waals surface area contributed by atoms with Crippen molar-refractivity contribution < 1.29 is 26.0 Å². The fraction of sp³-hybridized carbons (Fsp3) is 0.0556. The van der Waals surface area contributed by atoms with E-state index in [0.29, 0.717) is 0 Å². The normalized spacial score (nSPS) is 11.8. The second-order valence-electron chi connectivity index (χ2n) is 5.70. The number of nitrogens with one attached hydrogen (secondary N) is 2. The fourth-order valence-corrected chi connectivity index (χ4v) is 3.58. The fourth-order valence-electron chi connectivity index (χ4n) is 2.52. The van der Waals surface area contributed by atoms with E-state index in [1.807, 2.05) is 4.72 Å². The van der Waals surface area contributed by atoms with Crippen LogP contribution in [0.15, 0.2) is 59.6 Å². The molecule has 0 unspecified atom stereocenters. The van der Waals surface area contributed by atoms with Crippen LogP contribution in [0.2, 0.25) is 0 Å². The van der Waals surface area contributed by atoms with Crippen molar-refractivity contribution in [2.45, 2.75) is 11.1 Å². The lowest BCUT2D eigenvalue weighted by Crippen LogP contribution is -2.13. The number of anilines is 1. The van der Waals surface area contributed by atoms with Crippen LogP contribution in [-0.2, 0) is 16.2 Å². The van der Waals surface area contributed by atoms with Crippen LogP contribution in [0.4, 0.5) is 23.2 Å². The van der Waals surface area contributed by atoms with Gasteiger partial charge in [0.1, 0.15) is 10.7 Å². The second kappa shape index (κ2) is 7.01. The van der Waals surface area contributed by atoms with E-state index >= 15 is 0 Å². The van der Waals surface area contributed by atoms with Crippen molar-refractivity contribution in [2.75, 3.05) is 4.72 Å². The minimum atomic E-state index is -4.62. The molecule has 1 aromatic heterocycles. The van der Waals surface area contributed by atoms with Gasteiger partial charge in [-0.1, -0.05) is 18.2 Å². The van der Waals surface area contributed by atoms with E-state index < -0.39 is 33.3 Å². The van der Waals surface area contributed by atoms with Gasteiger partial charge >= 0.3 is 6.18 Å². The number of halogens is 4. The first-order valence-corrected chi connectivity index (χ1v) is 9.17. The molecule has 0 amide bonds. The molecule has 5 nitrogen and oxygen atoms in total. The molecule has 10 heteroatoms. The quantitative estimate of drug-likeness (QED) is 0.622. The Labute approximate surface area is 157 Å². The maximum Gasteiger partial charge on any atom is 0.417 e. The summed E-state index contributed by atoms with van der Waals surface area (Å²) in [5.41, 5.74) is -1.59. The van der Waals surface area contributed by atoms with E-state index in [9.17, 15) is 26.0 Å². The number of benzene rings is 2. The first kappa shape index (κ1) is 19.4. The van der Waals surface area contributed by atoms with Gasteiger partial charge in [-0.2, -0.15) is 18.4 Å². The van der Waals surface area contributed by atoms with Gasteiger partial charge < -0.3 is 4.98 Å². The SMILES string of the molecule is N#Cc1ccc(NS(=O)(=O)c2c[nH]c(-c3ccccc3C(F)(F)F)c2)c(F)c1. The zero-order valence-electron chi connectivity index (χ0n) is 13.9. The average Bonchev–Trinajstić information content (AvgIpc) is 3.13. The molecule has 0 saturated heterocycles. The van der Waals surface area contributed by atoms with Gasteiger partial charge in [-0.25, -0.2) is 12.8 Å². The van der Waals surface area contributed by atoms with Gasteiger partial charge in [0.15, 0.2) is 0 Å². The number of rotatable bonds is 4. The largest absolute Gasteiger partial charge is 0.417 e. The van der Waals surface area contributed by atoms with E-state index in [1.54, 1.807) is 6.07 Å². The molecule has 0 atom stereocenters. The molecule has 0 spiro atoms. The molecule has 2 aromatic carbocycles. The van der Waals surface area contributed by atoms with Gasteiger partial charge in [-0.3, -0.25) is 4.72 Å². The predicted molar refractivity (Wildman–Crippen MR) is 93.2 cm³/mol. The van der Waals surface area contributed by atoms with Gasteiger partial charge in [-0.05, 0) is 30.3 Å². The molecule has 0 aliphatic carbocycles. The Hall–Kier alpha value is -3.32. The third kappa shape index (κ3) is 3.84. The Balaban J connectivity index is 1.95. The molecule has 2 N–H and O–H groups in total. The topological polar surface area (TPSA) is 85.8 Å². The van der Waals surface area contributed by atoms with E-state index in [4.69, 9.17) is 5.26 Å². The summed E-state index contributed by atoms with van der Waals surface area (Å²) in [4.78, 5) is 2.13. The molecular formula is C18H11F4N3O2S. The number of aromatic amines is 1. The van der Waals surface area contributed by atoms with E-state index in [2.05, 4.69) is 4.98 Å². The van der Waals surface area contributed by atoms with Crippen molar-refractivity contribution in [3.63, 3.8) is 0 Å². The summed E-state index contributed by atoms with van der Waals surface area (Å²) >= 11 is 0. The maximum atomic E-state index is 13.9. The number of nitriles is 1. The van der Waals surface area contributed by atoms with Crippen LogP contribution in [0.3, 0.4) is 0 Å². The highest BCUT2D eigenvalue weighted by Crippen LogP contribution is 2.37. The number of nitrogens with zero attached hydrogens (tertiary/aromatic N) is 1. The van der Waals surface area contributed by atoms with Gasteiger partial charge in [0.2, 0.25) is 0 Å². The second-order valence-corrected chi connectivity index (χ2v) is 7.39. The van der Waals surface area contributed by atoms with Crippen molar-refractivity contribution in [3.8, 4) is 17.3 Å². The van der Waals surface area contributed by atoms with E-state index in [-0.39, 0.29) is 21.7 Å². The molecule has 0 bridgehead atoms. The molecule has 1 heterocycles. The summed E-state index contributed by atoms with van der Waals surface area (Å²) in [5, 5.41) is 8.71. The molecule has 0 saturated carbocycles. The molecule has 0 aliphatic rings. The lowest BCUT2D eigenvalue weighted by molar-refractivity contribution is -0.137. The first-order valence-electron chi connectivity index (χ1n) is 7.69. The van der Waals surface area contributed by atoms with Gasteiger partial charge in [0.05, 0.1) is 22.9 Å². The molecular weight excluding hydrogens is 398 g/mol. The van der Waals surface area contributed by atoms with Gasteiger partial charge in [0, 0.05) is 17.5 Å². The summed E-state index contributed by atoms with van der Waals surface area (Å²) in [6, 6.07) is 10.6. The molecule has 144 valence electrons. The lowest BCUT2D eigenvalue weighted by atomic mass is 10.0. The van der Waals surface area contributed by atoms with Crippen LogP contribution in [-0.4, -0.2) is 13.4 Å². The van der Waals surface area contributed by atoms with Gasteiger partial charge in [0.25, 0.3) is 10.0 Å². The highest BCUT2D eigenvalue weighted by molar-refractivity contribution is 7.92. The van der Waals surface area contributed by atoms with Crippen molar-refractivity contribution >= 4 is 15.7 Å². The van der Waals surface area contributed by atoms with E-state index in [1.165, 1.54) is 24.3 Å². The number of alkyl halides is 3. The highest BCUT2D eigenvalue weighted by Gasteiger charge is 2.34. The zero-order chi connectivity index (χ0) is 20.5. The Kier molecular flexibility index (Phi) is 4.87. The van der Waals surface area contributed by atoms with Crippen molar-refractivity contribution in [1.29, 1.82) is 5.26 Å². The third-order valence-corrected chi connectivity index (χ3v) is 5.18. The van der Waals surface area contributed by atoms with Crippen molar-refractivity contribution in [2.24, 2.45) is 0 Å². The number of hydrogen-bond acceptors (Lipinski definition) is 3. The smallest absolute Gasteiger partial charge is 0.360 e. The Morgan fingerprint density at radius 2 is 1.79 bits per heavy atom. The summed E-state index contributed by atoms with van der Waals surface area (Å²) in [6.45, 7) is 0. The van der Waals surface area contributed by atoms with Crippen LogP contribution >= 0.6 is 0 Å². The molecule has 3 rings (SSSR count). The van der Waals surface area contributed by atoms with Crippen LogP contribution in [0.25, 0.3) is 11.3 Å². The number of H-pyrrole nitrogens is 1. The summed E-state index contributed by atoms with van der Waals surface area (Å²) in [6.07, 6.45) is -3.61. The monoisotopic (exact) mass is 409 g/mol. The van der Waals surface area contributed by atoms with E-state index in [0.717, 1.165) is 30.5 Å². The Morgan fingerprint density at radius 3 is 2.43 bits per heavy atom. The van der Waals surface area contributed by atoms with Crippen LogP contribution in [0.5, 0.6) is 0 Å². The molecule has 0 radical (unpaired) electrons. The predicted octanol–water partition coefficient (Wildman–Crippen LogP) is 4.51. The third-order valence-electron chi connectivity index (χ3n) is 3.83. The number of hydrogen-bond donors (Lipinski definition) is 2. The standard InChI is InChI=1S/C18H11F4N3O2S/c19-15-7-11(9-23)5-6-16(15)25-28(26,27)12-8-17(24-10-12)13-3-1-2-4-14(13)18(20,21)22/h1-8,10,24-25H.